The van der Waals surface area contributed by atoms with Gasteiger partial charge in [0.05, 0.1) is 0 Å². The zero-order chi connectivity index (χ0) is 18.9. The van der Waals surface area contributed by atoms with Crippen LogP contribution in [-0.4, -0.2) is 28.3 Å². The summed E-state index contributed by atoms with van der Waals surface area (Å²) in [4.78, 5) is 22.9. The second-order valence-corrected chi connectivity index (χ2v) is 5.93. The third-order valence-electron chi connectivity index (χ3n) is 3.83. The Bertz CT molecular complexity index is 752. The van der Waals surface area contributed by atoms with Crippen LogP contribution in [0.5, 0.6) is 5.75 Å². The molecule has 0 aromatic heterocycles. The molecule has 1 unspecified atom stereocenters. The van der Waals surface area contributed by atoms with Crippen molar-refractivity contribution in [2.45, 2.75) is 31.8 Å². The molecule has 2 amide bonds. The summed E-state index contributed by atoms with van der Waals surface area (Å²) < 4.78 is 13.3. The van der Waals surface area contributed by atoms with Crippen LogP contribution in [0.2, 0.25) is 0 Å². The Kier molecular flexibility index (Phi) is 6.96. The lowest BCUT2D eigenvalue weighted by atomic mass is 10.0. The normalized spacial score (nSPS) is 11.6. The van der Waals surface area contributed by atoms with E-state index in [9.17, 15) is 14.0 Å². The fourth-order valence-corrected chi connectivity index (χ4v) is 2.50. The molecule has 0 saturated carbocycles. The number of hydrogen-bond acceptors (Lipinski definition) is 3. The first kappa shape index (κ1) is 19.2. The minimum absolute atomic E-state index is 0.0546. The van der Waals surface area contributed by atoms with E-state index in [1.165, 1.54) is 12.1 Å². The van der Waals surface area contributed by atoms with Crippen LogP contribution in [-0.2, 0) is 17.8 Å². The maximum Gasteiger partial charge on any atom is 0.315 e. The molecule has 138 valence electrons. The van der Waals surface area contributed by atoms with Crippen LogP contribution in [0.25, 0.3) is 0 Å². The molecule has 0 bridgehead atoms. The third-order valence-corrected chi connectivity index (χ3v) is 3.83. The van der Waals surface area contributed by atoms with Gasteiger partial charge in [0.1, 0.15) is 0 Å². The zero-order valence-electron chi connectivity index (χ0n) is 14.1. The smallest absolute Gasteiger partial charge is 0.315 e. The average Bonchev–Trinajstić information content (AvgIpc) is 2.61. The largest absolute Gasteiger partial charge is 0.505 e. The van der Waals surface area contributed by atoms with E-state index in [0.717, 1.165) is 11.6 Å². The summed E-state index contributed by atoms with van der Waals surface area (Å²) in [6.45, 7) is 0.0834. The molecule has 0 radical (unpaired) electrons. The number of rotatable bonds is 8. The van der Waals surface area contributed by atoms with E-state index < -0.39 is 23.6 Å². The van der Waals surface area contributed by atoms with Crippen molar-refractivity contribution in [1.29, 1.82) is 0 Å². The Morgan fingerprint density at radius 1 is 1.08 bits per heavy atom. The number of carboxylic acids is 1. The van der Waals surface area contributed by atoms with E-state index >= 15 is 0 Å². The molecule has 2 aromatic rings. The Hall–Kier alpha value is -3.09. The van der Waals surface area contributed by atoms with E-state index in [2.05, 4.69) is 10.6 Å². The first-order valence-corrected chi connectivity index (χ1v) is 8.21. The van der Waals surface area contributed by atoms with Crippen molar-refractivity contribution in [1.82, 2.24) is 10.6 Å². The molecule has 1 atom stereocenters. The summed E-state index contributed by atoms with van der Waals surface area (Å²) >= 11 is 0. The van der Waals surface area contributed by atoms with Gasteiger partial charge in [0.15, 0.2) is 11.6 Å². The molecule has 0 aliphatic rings. The number of carbonyl (C=O) groups is 2. The number of nitrogens with one attached hydrogen (secondary N) is 2. The monoisotopic (exact) mass is 360 g/mol. The first-order chi connectivity index (χ1) is 12.4. The van der Waals surface area contributed by atoms with Crippen molar-refractivity contribution in [2.24, 2.45) is 0 Å². The predicted molar refractivity (Wildman–Crippen MR) is 94.2 cm³/mol. The molecule has 0 spiro atoms. The maximum atomic E-state index is 13.3. The standard InChI is InChI=1S/C19H21FN2O4/c20-16-11-14(6-8-17(16)23)12-21-19(26)22-15(7-9-18(24)25)10-13-4-2-1-3-5-13/h1-6,8,11,15,23H,7,9-10,12H2,(H,24,25)(H2,21,22,26). The highest BCUT2D eigenvalue weighted by Crippen LogP contribution is 2.16. The van der Waals surface area contributed by atoms with Crippen molar-refractivity contribution < 1.29 is 24.2 Å². The molecule has 0 fully saturated rings. The van der Waals surface area contributed by atoms with Gasteiger partial charge in [0, 0.05) is 19.0 Å². The predicted octanol–water partition coefficient (Wildman–Crippen LogP) is 2.81. The molecule has 4 N–H and O–H groups in total. The minimum atomic E-state index is -0.926. The molecule has 0 aliphatic heterocycles. The fourth-order valence-electron chi connectivity index (χ4n) is 2.50. The number of amides is 2. The van der Waals surface area contributed by atoms with Gasteiger partial charge >= 0.3 is 12.0 Å². The van der Waals surface area contributed by atoms with Crippen molar-refractivity contribution in [3.8, 4) is 5.75 Å². The molecular formula is C19H21FN2O4. The number of hydrogen-bond donors (Lipinski definition) is 4. The lowest BCUT2D eigenvalue weighted by Crippen LogP contribution is -2.43. The van der Waals surface area contributed by atoms with Gasteiger partial charge in [-0.3, -0.25) is 4.79 Å². The van der Waals surface area contributed by atoms with Crippen LogP contribution in [0.15, 0.2) is 48.5 Å². The van der Waals surface area contributed by atoms with E-state index in [0.29, 0.717) is 18.4 Å². The number of benzene rings is 2. The second kappa shape index (κ2) is 9.41. The number of carboxylic acid groups (broad SMARTS) is 1. The Morgan fingerprint density at radius 2 is 1.81 bits per heavy atom. The summed E-state index contributed by atoms with van der Waals surface area (Å²) in [5.74, 6) is -2.13. The minimum Gasteiger partial charge on any atom is -0.505 e. The average molecular weight is 360 g/mol. The summed E-state index contributed by atoms with van der Waals surface area (Å²) in [5, 5.41) is 23.4. The van der Waals surface area contributed by atoms with Gasteiger partial charge in [-0.1, -0.05) is 36.4 Å². The molecular weight excluding hydrogens is 339 g/mol. The third kappa shape index (κ3) is 6.43. The van der Waals surface area contributed by atoms with E-state index in [1.807, 2.05) is 30.3 Å². The van der Waals surface area contributed by atoms with E-state index in [-0.39, 0.29) is 19.0 Å². The van der Waals surface area contributed by atoms with Gasteiger partial charge in [0.2, 0.25) is 0 Å². The van der Waals surface area contributed by atoms with Crippen LogP contribution in [0.3, 0.4) is 0 Å². The van der Waals surface area contributed by atoms with Gasteiger partial charge < -0.3 is 20.8 Å². The van der Waals surface area contributed by atoms with Gasteiger partial charge in [-0.05, 0) is 36.1 Å². The fraction of sp³-hybridized carbons (Fsp3) is 0.263. The SMILES string of the molecule is O=C(O)CCC(Cc1ccccc1)NC(=O)NCc1ccc(O)c(F)c1. The van der Waals surface area contributed by atoms with Crippen molar-refractivity contribution in [3.63, 3.8) is 0 Å². The van der Waals surface area contributed by atoms with E-state index in [4.69, 9.17) is 10.2 Å². The zero-order valence-corrected chi connectivity index (χ0v) is 14.1. The van der Waals surface area contributed by atoms with Crippen LogP contribution < -0.4 is 10.6 Å². The highest BCUT2D eigenvalue weighted by atomic mass is 19.1. The highest BCUT2D eigenvalue weighted by Gasteiger charge is 2.15. The summed E-state index contributed by atoms with van der Waals surface area (Å²) in [6.07, 6.45) is 0.752. The van der Waals surface area contributed by atoms with Gasteiger partial charge in [-0.2, -0.15) is 0 Å². The van der Waals surface area contributed by atoms with Crippen molar-refractivity contribution >= 4 is 12.0 Å². The number of carbonyl (C=O) groups excluding carboxylic acids is 1. The summed E-state index contributed by atoms with van der Waals surface area (Å²) in [6, 6.07) is 12.5. The summed E-state index contributed by atoms with van der Waals surface area (Å²) in [7, 11) is 0. The molecule has 2 aromatic carbocycles. The Labute approximate surface area is 150 Å². The number of urea groups is 1. The highest BCUT2D eigenvalue weighted by molar-refractivity contribution is 5.74. The second-order valence-electron chi connectivity index (χ2n) is 5.93. The molecule has 7 heteroatoms. The van der Waals surface area contributed by atoms with Crippen molar-refractivity contribution in [2.75, 3.05) is 0 Å². The van der Waals surface area contributed by atoms with Gasteiger partial charge in [-0.25, -0.2) is 9.18 Å². The molecule has 0 aliphatic carbocycles. The Balaban J connectivity index is 1.91. The van der Waals surface area contributed by atoms with Crippen LogP contribution in [0.1, 0.15) is 24.0 Å². The number of phenols is 1. The maximum absolute atomic E-state index is 13.3. The van der Waals surface area contributed by atoms with Crippen LogP contribution >= 0.6 is 0 Å². The van der Waals surface area contributed by atoms with Crippen molar-refractivity contribution in [3.05, 3.63) is 65.5 Å². The molecule has 6 nitrogen and oxygen atoms in total. The topological polar surface area (TPSA) is 98.7 Å². The molecule has 2 rings (SSSR count). The lowest BCUT2D eigenvalue weighted by Gasteiger charge is -2.19. The number of halogens is 1. The molecule has 26 heavy (non-hydrogen) atoms. The number of aliphatic carboxylic acids is 1. The van der Waals surface area contributed by atoms with Gasteiger partial charge in [0.25, 0.3) is 0 Å². The van der Waals surface area contributed by atoms with Crippen LogP contribution in [0, 0.1) is 5.82 Å². The van der Waals surface area contributed by atoms with Gasteiger partial charge in [-0.15, -0.1) is 0 Å². The number of aromatic hydroxyl groups is 1. The van der Waals surface area contributed by atoms with Crippen LogP contribution in [0.4, 0.5) is 9.18 Å². The van der Waals surface area contributed by atoms with E-state index in [1.54, 1.807) is 0 Å². The molecule has 0 heterocycles. The Morgan fingerprint density at radius 3 is 2.46 bits per heavy atom. The molecule has 0 saturated heterocycles. The first-order valence-electron chi connectivity index (χ1n) is 8.21. The lowest BCUT2D eigenvalue weighted by molar-refractivity contribution is -0.137. The summed E-state index contributed by atoms with van der Waals surface area (Å²) in [5.41, 5.74) is 1.49. The number of phenolic OH excluding ortho intramolecular Hbond substituents is 1. The quantitative estimate of drug-likeness (QED) is 0.582.